The van der Waals surface area contributed by atoms with E-state index >= 15 is 0 Å². The zero-order valence-corrected chi connectivity index (χ0v) is 20.6. The van der Waals surface area contributed by atoms with Crippen molar-refractivity contribution in [1.82, 2.24) is 4.57 Å². The molecule has 8 nitrogen and oxygen atoms in total. The number of fused-ring (bicyclic) bond motifs is 2. The number of para-hydroxylation sites is 1. The summed E-state index contributed by atoms with van der Waals surface area (Å²) < 4.78 is 23.9. The number of carbonyl (C=O) groups is 1. The predicted octanol–water partition coefficient (Wildman–Crippen LogP) is 2.84. The fraction of sp³-hybridized carbons (Fsp3) is 0.269. The van der Waals surface area contributed by atoms with E-state index in [0.29, 0.717) is 43.4 Å². The third-order valence-electron chi connectivity index (χ3n) is 6.00. The standard InChI is InChI=1S/C26H24N2O6S/c1-5-32-25(30)22-15(3)27-26-28(23(22)17-8-6-7-9-18(17)31-4)24(29)21(35-26)12-16-11-20-19(10-14(16)2)33-13-34-20/h6-12,23H,5,13H2,1-4H3. The summed E-state index contributed by atoms with van der Waals surface area (Å²) >= 11 is 1.27. The zero-order chi connectivity index (χ0) is 24.7. The van der Waals surface area contributed by atoms with Gasteiger partial charge < -0.3 is 18.9 Å². The lowest BCUT2D eigenvalue weighted by Gasteiger charge is -2.25. The summed E-state index contributed by atoms with van der Waals surface area (Å²) in [4.78, 5) is 31.9. The van der Waals surface area contributed by atoms with Crippen molar-refractivity contribution in [2.45, 2.75) is 26.8 Å². The van der Waals surface area contributed by atoms with Crippen LogP contribution >= 0.6 is 11.3 Å². The van der Waals surface area contributed by atoms with Crippen LogP contribution < -0.4 is 29.1 Å². The number of esters is 1. The number of carbonyl (C=O) groups excluding carboxylic acids is 1. The number of rotatable bonds is 5. The molecule has 3 heterocycles. The van der Waals surface area contributed by atoms with Crippen molar-refractivity contribution < 1.29 is 23.7 Å². The van der Waals surface area contributed by atoms with E-state index in [9.17, 15) is 9.59 Å². The quantitative estimate of drug-likeness (QED) is 0.509. The Kier molecular flexibility index (Phi) is 5.94. The number of aryl methyl sites for hydroxylation is 1. The SMILES string of the molecule is CCOC(=O)C1=C(C)N=c2sc(=Cc3cc4c(cc3C)OCO4)c(=O)n2C1c1ccccc1OC. The van der Waals surface area contributed by atoms with E-state index in [-0.39, 0.29) is 19.0 Å². The molecule has 180 valence electrons. The van der Waals surface area contributed by atoms with Gasteiger partial charge in [-0.1, -0.05) is 29.5 Å². The van der Waals surface area contributed by atoms with Crippen LogP contribution in [0.2, 0.25) is 0 Å². The summed E-state index contributed by atoms with van der Waals surface area (Å²) in [5, 5.41) is 0. The van der Waals surface area contributed by atoms with Crippen LogP contribution in [0, 0.1) is 6.92 Å². The van der Waals surface area contributed by atoms with Crippen LogP contribution in [0.5, 0.6) is 17.2 Å². The van der Waals surface area contributed by atoms with Gasteiger partial charge in [0.2, 0.25) is 6.79 Å². The Bertz CT molecular complexity index is 1550. The lowest BCUT2D eigenvalue weighted by molar-refractivity contribution is -0.139. The Hall–Kier alpha value is -3.85. The highest BCUT2D eigenvalue weighted by molar-refractivity contribution is 7.07. The van der Waals surface area contributed by atoms with E-state index in [2.05, 4.69) is 4.99 Å². The van der Waals surface area contributed by atoms with Gasteiger partial charge in [0, 0.05) is 5.56 Å². The number of methoxy groups -OCH3 is 1. The van der Waals surface area contributed by atoms with E-state index in [1.807, 2.05) is 43.3 Å². The topological polar surface area (TPSA) is 88.4 Å². The van der Waals surface area contributed by atoms with E-state index in [4.69, 9.17) is 18.9 Å². The molecule has 0 spiro atoms. The van der Waals surface area contributed by atoms with Crippen LogP contribution in [0.3, 0.4) is 0 Å². The molecule has 5 rings (SSSR count). The van der Waals surface area contributed by atoms with Crippen LogP contribution in [0.15, 0.2) is 57.5 Å². The number of allylic oxidation sites excluding steroid dienone is 1. The van der Waals surface area contributed by atoms with E-state index in [1.165, 1.54) is 11.3 Å². The van der Waals surface area contributed by atoms with Crippen LogP contribution in [0.25, 0.3) is 6.08 Å². The first-order chi connectivity index (χ1) is 16.9. The number of aromatic nitrogens is 1. The van der Waals surface area contributed by atoms with E-state index < -0.39 is 12.0 Å². The van der Waals surface area contributed by atoms with Gasteiger partial charge in [0.15, 0.2) is 16.3 Å². The average molecular weight is 493 g/mol. The minimum Gasteiger partial charge on any atom is -0.496 e. The lowest BCUT2D eigenvalue weighted by atomic mass is 9.95. The van der Waals surface area contributed by atoms with Gasteiger partial charge in [-0.3, -0.25) is 9.36 Å². The Balaban J connectivity index is 1.74. The van der Waals surface area contributed by atoms with Crippen molar-refractivity contribution in [2.24, 2.45) is 4.99 Å². The van der Waals surface area contributed by atoms with Crippen molar-refractivity contribution in [3.63, 3.8) is 0 Å². The van der Waals surface area contributed by atoms with Gasteiger partial charge in [0.25, 0.3) is 5.56 Å². The summed E-state index contributed by atoms with van der Waals surface area (Å²) in [7, 11) is 1.56. The molecule has 0 bridgehead atoms. The average Bonchev–Trinajstić information content (AvgIpc) is 3.42. The summed E-state index contributed by atoms with van der Waals surface area (Å²) in [5.41, 5.74) is 3.04. The monoisotopic (exact) mass is 492 g/mol. The second-order valence-electron chi connectivity index (χ2n) is 8.11. The molecule has 1 unspecified atom stereocenters. The fourth-order valence-corrected chi connectivity index (χ4v) is 5.37. The molecule has 0 radical (unpaired) electrons. The van der Waals surface area contributed by atoms with Gasteiger partial charge in [-0.15, -0.1) is 0 Å². The summed E-state index contributed by atoms with van der Waals surface area (Å²) in [6.45, 7) is 5.84. The molecule has 1 aromatic heterocycles. The van der Waals surface area contributed by atoms with Crippen molar-refractivity contribution in [3.05, 3.63) is 84.0 Å². The van der Waals surface area contributed by atoms with Crippen molar-refractivity contribution in [3.8, 4) is 17.2 Å². The van der Waals surface area contributed by atoms with Crippen molar-refractivity contribution in [2.75, 3.05) is 20.5 Å². The molecule has 2 aromatic carbocycles. The van der Waals surface area contributed by atoms with Crippen LogP contribution in [0.1, 0.15) is 36.6 Å². The second kappa shape index (κ2) is 9.07. The van der Waals surface area contributed by atoms with Crippen molar-refractivity contribution >= 4 is 23.4 Å². The molecule has 9 heteroatoms. The lowest BCUT2D eigenvalue weighted by Crippen LogP contribution is -2.40. The minimum atomic E-state index is -0.735. The summed E-state index contributed by atoms with van der Waals surface area (Å²) in [6.07, 6.45) is 1.82. The van der Waals surface area contributed by atoms with E-state index in [0.717, 1.165) is 11.1 Å². The Morgan fingerprint density at radius 2 is 1.97 bits per heavy atom. The largest absolute Gasteiger partial charge is 0.496 e. The first-order valence-electron chi connectivity index (χ1n) is 11.2. The molecule has 1 atom stereocenters. The number of hydrogen-bond acceptors (Lipinski definition) is 8. The summed E-state index contributed by atoms with van der Waals surface area (Å²) in [5.74, 6) is 1.38. The molecule has 0 aliphatic carbocycles. The first kappa shape index (κ1) is 22.9. The van der Waals surface area contributed by atoms with Crippen LogP contribution in [0.4, 0.5) is 0 Å². The van der Waals surface area contributed by atoms with Gasteiger partial charge in [-0.2, -0.15) is 0 Å². The molecule has 2 aliphatic heterocycles. The Morgan fingerprint density at radius 1 is 1.23 bits per heavy atom. The molecule has 35 heavy (non-hydrogen) atoms. The normalized spacial score (nSPS) is 16.7. The molecular formula is C26H24N2O6S. The molecule has 0 saturated carbocycles. The molecule has 0 N–H and O–H groups in total. The fourth-order valence-electron chi connectivity index (χ4n) is 4.33. The maximum Gasteiger partial charge on any atom is 0.338 e. The molecule has 0 fully saturated rings. The van der Waals surface area contributed by atoms with Gasteiger partial charge >= 0.3 is 5.97 Å². The van der Waals surface area contributed by atoms with Gasteiger partial charge in [-0.25, -0.2) is 9.79 Å². The number of benzene rings is 2. The van der Waals surface area contributed by atoms with Crippen molar-refractivity contribution in [1.29, 1.82) is 0 Å². The molecule has 0 saturated heterocycles. The first-order valence-corrected chi connectivity index (χ1v) is 12.0. The highest BCUT2D eigenvalue weighted by atomic mass is 32.1. The minimum absolute atomic E-state index is 0.176. The van der Waals surface area contributed by atoms with Crippen LogP contribution in [-0.4, -0.2) is 31.0 Å². The molecular weight excluding hydrogens is 468 g/mol. The number of thiazole rings is 1. The number of nitrogens with zero attached hydrogens (tertiary/aromatic N) is 2. The third kappa shape index (κ3) is 3.91. The van der Waals surface area contributed by atoms with Gasteiger partial charge in [0.1, 0.15) is 11.8 Å². The Morgan fingerprint density at radius 3 is 2.71 bits per heavy atom. The van der Waals surface area contributed by atoms with Gasteiger partial charge in [-0.05, 0) is 56.2 Å². The molecule has 3 aromatic rings. The molecule has 2 aliphatic rings. The molecule has 0 amide bonds. The van der Waals surface area contributed by atoms with Gasteiger partial charge in [0.05, 0.1) is 29.5 Å². The highest BCUT2D eigenvalue weighted by Gasteiger charge is 2.35. The smallest absolute Gasteiger partial charge is 0.338 e. The predicted molar refractivity (Wildman–Crippen MR) is 131 cm³/mol. The maximum absolute atomic E-state index is 13.8. The third-order valence-corrected chi connectivity index (χ3v) is 6.98. The number of ether oxygens (including phenoxy) is 4. The second-order valence-corrected chi connectivity index (χ2v) is 9.12. The summed E-state index contributed by atoms with van der Waals surface area (Å²) in [6, 6.07) is 10.4. The zero-order valence-electron chi connectivity index (χ0n) is 19.8. The highest BCUT2D eigenvalue weighted by Crippen LogP contribution is 2.36. The van der Waals surface area contributed by atoms with E-state index in [1.54, 1.807) is 31.6 Å². The number of hydrogen-bond donors (Lipinski definition) is 0. The van der Waals surface area contributed by atoms with Crippen LogP contribution in [-0.2, 0) is 9.53 Å². The Labute approximate surface area is 205 Å². The maximum atomic E-state index is 13.8.